The number of hydrogen-bond acceptors (Lipinski definition) is 3. The number of ether oxygens (including phenoxy) is 2. The maximum atomic E-state index is 6.42. The SMILES string of the molecule is CNCc1ccc(-c2ccc3c(c2)OCCCO3)c(Cl)c1. The molecule has 1 N–H and O–H groups in total. The zero-order valence-corrected chi connectivity index (χ0v) is 12.7. The molecular formula is C17H18ClNO2. The van der Waals surface area contributed by atoms with E-state index in [-0.39, 0.29) is 0 Å². The zero-order valence-electron chi connectivity index (χ0n) is 12.0. The van der Waals surface area contributed by atoms with Crippen LogP contribution in [-0.4, -0.2) is 20.3 Å². The normalized spacial score (nSPS) is 13.8. The highest BCUT2D eigenvalue weighted by atomic mass is 35.5. The second-order valence-corrected chi connectivity index (χ2v) is 5.46. The molecule has 2 aromatic carbocycles. The van der Waals surface area contributed by atoms with Crippen molar-refractivity contribution in [1.29, 1.82) is 0 Å². The van der Waals surface area contributed by atoms with Crippen LogP contribution in [0.3, 0.4) is 0 Å². The van der Waals surface area contributed by atoms with Gasteiger partial charge in [-0.15, -0.1) is 0 Å². The Balaban J connectivity index is 1.95. The van der Waals surface area contributed by atoms with Crippen molar-refractivity contribution < 1.29 is 9.47 Å². The van der Waals surface area contributed by atoms with E-state index in [2.05, 4.69) is 11.4 Å². The number of rotatable bonds is 3. The molecule has 2 aromatic rings. The van der Waals surface area contributed by atoms with Gasteiger partial charge < -0.3 is 14.8 Å². The van der Waals surface area contributed by atoms with E-state index < -0.39 is 0 Å². The fourth-order valence-electron chi connectivity index (χ4n) is 2.44. The van der Waals surface area contributed by atoms with Gasteiger partial charge in [0, 0.05) is 23.6 Å². The average molecular weight is 304 g/mol. The molecule has 0 aromatic heterocycles. The average Bonchev–Trinajstić information content (AvgIpc) is 2.72. The summed E-state index contributed by atoms with van der Waals surface area (Å²) >= 11 is 6.42. The van der Waals surface area contributed by atoms with Crippen LogP contribution in [0.5, 0.6) is 11.5 Å². The second kappa shape index (κ2) is 6.37. The Kier molecular flexibility index (Phi) is 4.32. The summed E-state index contributed by atoms with van der Waals surface area (Å²) in [5, 5.41) is 3.87. The lowest BCUT2D eigenvalue weighted by Crippen LogP contribution is -2.04. The van der Waals surface area contributed by atoms with Crippen molar-refractivity contribution in [1.82, 2.24) is 5.32 Å². The van der Waals surface area contributed by atoms with E-state index in [9.17, 15) is 0 Å². The summed E-state index contributed by atoms with van der Waals surface area (Å²) in [4.78, 5) is 0. The minimum atomic E-state index is 0.686. The van der Waals surface area contributed by atoms with Crippen LogP contribution >= 0.6 is 11.6 Å². The van der Waals surface area contributed by atoms with Gasteiger partial charge in [-0.3, -0.25) is 0 Å². The molecule has 0 fully saturated rings. The van der Waals surface area contributed by atoms with Gasteiger partial charge in [0.1, 0.15) is 0 Å². The highest BCUT2D eigenvalue weighted by Crippen LogP contribution is 2.36. The van der Waals surface area contributed by atoms with Gasteiger partial charge in [-0.05, 0) is 36.4 Å². The van der Waals surface area contributed by atoms with Crippen LogP contribution in [0.25, 0.3) is 11.1 Å². The highest BCUT2D eigenvalue weighted by Gasteiger charge is 2.13. The summed E-state index contributed by atoms with van der Waals surface area (Å²) < 4.78 is 11.4. The number of nitrogens with one attached hydrogen (secondary N) is 1. The predicted molar refractivity (Wildman–Crippen MR) is 85.3 cm³/mol. The minimum Gasteiger partial charge on any atom is -0.490 e. The van der Waals surface area contributed by atoms with Crippen molar-refractivity contribution in [2.24, 2.45) is 0 Å². The van der Waals surface area contributed by atoms with Crippen LogP contribution in [0.2, 0.25) is 5.02 Å². The van der Waals surface area contributed by atoms with Gasteiger partial charge >= 0.3 is 0 Å². The largest absolute Gasteiger partial charge is 0.490 e. The Labute approximate surface area is 129 Å². The van der Waals surface area contributed by atoms with Crippen molar-refractivity contribution >= 4 is 11.6 Å². The maximum absolute atomic E-state index is 6.42. The topological polar surface area (TPSA) is 30.5 Å². The first-order chi connectivity index (χ1) is 10.3. The third-order valence-corrected chi connectivity index (χ3v) is 3.79. The van der Waals surface area contributed by atoms with Gasteiger partial charge in [0.25, 0.3) is 0 Å². The van der Waals surface area contributed by atoms with Gasteiger partial charge in [-0.2, -0.15) is 0 Å². The molecule has 0 amide bonds. The van der Waals surface area contributed by atoms with Gasteiger partial charge in [-0.25, -0.2) is 0 Å². The number of fused-ring (bicyclic) bond motifs is 1. The molecule has 1 aliphatic heterocycles. The van der Waals surface area contributed by atoms with Crippen molar-refractivity contribution in [3.8, 4) is 22.6 Å². The molecule has 0 spiro atoms. The van der Waals surface area contributed by atoms with Gasteiger partial charge in [0.05, 0.1) is 13.2 Å². The van der Waals surface area contributed by atoms with Crippen LogP contribution in [-0.2, 0) is 6.54 Å². The van der Waals surface area contributed by atoms with Gasteiger partial charge in [0.2, 0.25) is 0 Å². The first-order valence-corrected chi connectivity index (χ1v) is 7.49. The van der Waals surface area contributed by atoms with E-state index in [1.54, 1.807) is 0 Å². The van der Waals surface area contributed by atoms with Crippen molar-refractivity contribution in [2.75, 3.05) is 20.3 Å². The van der Waals surface area contributed by atoms with Gasteiger partial charge in [0.15, 0.2) is 11.5 Å². The third kappa shape index (κ3) is 3.14. The Morgan fingerprint density at radius 1 is 1.05 bits per heavy atom. The summed E-state index contributed by atoms with van der Waals surface area (Å²) in [5.41, 5.74) is 3.22. The molecule has 3 rings (SSSR count). The van der Waals surface area contributed by atoms with Crippen molar-refractivity contribution in [3.05, 3.63) is 47.0 Å². The predicted octanol–water partition coefficient (Wildman–Crippen LogP) is 3.89. The molecule has 1 heterocycles. The number of halogens is 1. The lowest BCUT2D eigenvalue weighted by molar-refractivity contribution is 0.297. The molecule has 0 radical (unpaired) electrons. The van der Waals surface area contributed by atoms with E-state index in [0.717, 1.165) is 40.6 Å². The Morgan fingerprint density at radius 2 is 1.86 bits per heavy atom. The van der Waals surface area contributed by atoms with Crippen molar-refractivity contribution in [2.45, 2.75) is 13.0 Å². The lowest BCUT2D eigenvalue weighted by atomic mass is 10.0. The lowest BCUT2D eigenvalue weighted by Gasteiger charge is -2.11. The van der Waals surface area contributed by atoms with E-state index in [1.807, 2.05) is 37.4 Å². The summed E-state index contributed by atoms with van der Waals surface area (Å²) in [6.07, 6.45) is 0.906. The number of hydrogen-bond donors (Lipinski definition) is 1. The van der Waals surface area contributed by atoms with Crippen LogP contribution in [0.15, 0.2) is 36.4 Å². The summed E-state index contributed by atoms with van der Waals surface area (Å²) in [5.74, 6) is 1.60. The number of benzene rings is 2. The van der Waals surface area contributed by atoms with Crippen LogP contribution < -0.4 is 14.8 Å². The Bertz CT molecular complexity index is 643. The van der Waals surface area contributed by atoms with E-state index in [1.165, 1.54) is 5.56 Å². The summed E-state index contributed by atoms with van der Waals surface area (Å²) in [6, 6.07) is 12.1. The summed E-state index contributed by atoms with van der Waals surface area (Å²) in [7, 11) is 1.92. The molecule has 0 unspecified atom stereocenters. The Morgan fingerprint density at radius 3 is 2.62 bits per heavy atom. The third-order valence-electron chi connectivity index (χ3n) is 3.47. The molecule has 110 valence electrons. The molecule has 0 bridgehead atoms. The van der Waals surface area contributed by atoms with Crippen LogP contribution in [0.4, 0.5) is 0 Å². The highest BCUT2D eigenvalue weighted by molar-refractivity contribution is 6.33. The fourth-order valence-corrected chi connectivity index (χ4v) is 2.75. The van der Waals surface area contributed by atoms with Crippen LogP contribution in [0, 0.1) is 0 Å². The second-order valence-electron chi connectivity index (χ2n) is 5.06. The van der Waals surface area contributed by atoms with Gasteiger partial charge in [-0.1, -0.05) is 29.8 Å². The monoisotopic (exact) mass is 303 g/mol. The van der Waals surface area contributed by atoms with E-state index in [0.29, 0.717) is 13.2 Å². The molecule has 4 heteroatoms. The fraction of sp³-hybridized carbons (Fsp3) is 0.294. The Hall–Kier alpha value is -1.71. The molecule has 21 heavy (non-hydrogen) atoms. The maximum Gasteiger partial charge on any atom is 0.161 e. The molecule has 0 saturated carbocycles. The molecule has 1 aliphatic rings. The van der Waals surface area contributed by atoms with Crippen LogP contribution in [0.1, 0.15) is 12.0 Å². The summed E-state index contributed by atoms with van der Waals surface area (Å²) in [6.45, 7) is 2.19. The first kappa shape index (κ1) is 14.2. The van der Waals surface area contributed by atoms with E-state index >= 15 is 0 Å². The van der Waals surface area contributed by atoms with E-state index in [4.69, 9.17) is 21.1 Å². The molecule has 3 nitrogen and oxygen atoms in total. The first-order valence-electron chi connectivity index (χ1n) is 7.11. The minimum absolute atomic E-state index is 0.686. The molecule has 0 aliphatic carbocycles. The molecule has 0 atom stereocenters. The molecule has 0 saturated heterocycles. The standard InChI is InChI=1S/C17H18ClNO2/c1-19-11-12-3-5-14(15(18)9-12)13-4-6-16-17(10-13)21-8-2-7-20-16/h3-6,9-10,19H,2,7-8,11H2,1H3. The quantitative estimate of drug-likeness (QED) is 0.933. The molecular weight excluding hydrogens is 286 g/mol. The smallest absolute Gasteiger partial charge is 0.161 e. The van der Waals surface area contributed by atoms with Crippen molar-refractivity contribution in [3.63, 3.8) is 0 Å². The zero-order chi connectivity index (χ0) is 14.7.